The van der Waals surface area contributed by atoms with Crippen molar-refractivity contribution in [2.24, 2.45) is 5.92 Å². The average molecular weight is 213 g/mol. The maximum Gasteiger partial charge on any atom is 0.329 e. The molecular formula is C11H19NO3. The van der Waals surface area contributed by atoms with Crippen LogP contribution in [0, 0.1) is 5.92 Å². The molecule has 0 aromatic carbocycles. The summed E-state index contributed by atoms with van der Waals surface area (Å²) < 4.78 is 0. The number of amides is 1. The summed E-state index contributed by atoms with van der Waals surface area (Å²) in [5.41, 5.74) is -0.958. The van der Waals surface area contributed by atoms with Crippen molar-refractivity contribution in [3.63, 3.8) is 0 Å². The summed E-state index contributed by atoms with van der Waals surface area (Å²) in [5, 5.41) is 9.39. The lowest BCUT2D eigenvalue weighted by Crippen LogP contribution is -2.55. The fourth-order valence-corrected chi connectivity index (χ4v) is 2.84. The molecule has 1 fully saturated rings. The smallest absolute Gasteiger partial charge is 0.329 e. The summed E-state index contributed by atoms with van der Waals surface area (Å²) >= 11 is 0. The predicted octanol–water partition coefficient (Wildman–Crippen LogP) is 1.50. The van der Waals surface area contributed by atoms with Crippen LogP contribution >= 0.6 is 0 Å². The van der Waals surface area contributed by atoms with Crippen LogP contribution < -0.4 is 0 Å². The third-order valence-corrected chi connectivity index (χ3v) is 3.64. The Balaban J connectivity index is 3.12. The molecule has 1 saturated heterocycles. The van der Waals surface area contributed by atoms with E-state index >= 15 is 0 Å². The van der Waals surface area contributed by atoms with E-state index in [1.54, 1.807) is 0 Å². The van der Waals surface area contributed by atoms with E-state index in [1.807, 2.05) is 13.8 Å². The van der Waals surface area contributed by atoms with Gasteiger partial charge in [0.1, 0.15) is 5.54 Å². The second kappa shape index (κ2) is 4.21. The van der Waals surface area contributed by atoms with Gasteiger partial charge in [0, 0.05) is 13.5 Å². The van der Waals surface area contributed by atoms with E-state index in [2.05, 4.69) is 0 Å². The maximum absolute atomic E-state index is 11.4. The van der Waals surface area contributed by atoms with Crippen LogP contribution in [0.15, 0.2) is 0 Å². The predicted molar refractivity (Wildman–Crippen MR) is 56.4 cm³/mol. The molecule has 0 spiro atoms. The van der Waals surface area contributed by atoms with E-state index in [0.29, 0.717) is 13.0 Å². The van der Waals surface area contributed by atoms with Gasteiger partial charge in [-0.05, 0) is 18.8 Å². The number of carbonyl (C=O) groups excluding carboxylic acids is 1. The largest absolute Gasteiger partial charge is 0.479 e. The molecule has 1 rings (SSSR count). The van der Waals surface area contributed by atoms with Gasteiger partial charge in [-0.2, -0.15) is 0 Å². The fraction of sp³-hybridized carbons (Fsp3) is 0.818. The molecule has 0 aliphatic carbocycles. The van der Waals surface area contributed by atoms with Gasteiger partial charge in [-0.3, -0.25) is 4.79 Å². The Hall–Kier alpha value is -1.06. The van der Waals surface area contributed by atoms with Crippen LogP contribution in [0.25, 0.3) is 0 Å². The van der Waals surface area contributed by atoms with Gasteiger partial charge in [-0.25, -0.2) is 4.79 Å². The standard InChI is InChI=1S/C11H19NO3/c1-4-9-6-7-12(8(3)13)11(9,5-2)10(14)15/h9H,4-7H2,1-3H3,(H,14,15)/t9?,11-/m0/s1. The minimum atomic E-state index is -0.958. The summed E-state index contributed by atoms with van der Waals surface area (Å²) in [7, 11) is 0. The second-order valence-electron chi connectivity index (χ2n) is 4.15. The SMILES string of the molecule is CCC1CCN(C(C)=O)[C@]1(CC)C(=O)O. The Kier molecular flexibility index (Phi) is 3.37. The van der Waals surface area contributed by atoms with Gasteiger partial charge in [0.15, 0.2) is 0 Å². The molecule has 1 N–H and O–H groups in total. The van der Waals surface area contributed by atoms with Crippen molar-refractivity contribution in [1.29, 1.82) is 0 Å². The number of carbonyl (C=O) groups is 2. The van der Waals surface area contributed by atoms with Crippen LogP contribution in [0.1, 0.15) is 40.0 Å². The van der Waals surface area contributed by atoms with E-state index in [4.69, 9.17) is 0 Å². The summed E-state index contributed by atoms with van der Waals surface area (Å²) in [4.78, 5) is 24.4. The number of nitrogens with zero attached hydrogens (tertiary/aromatic N) is 1. The van der Waals surface area contributed by atoms with Gasteiger partial charge in [-0.15, -0.1) is 0 Å². The highest BCUT2D eigenvalue weighted by atomic mass is 16.4. The molecule has 0 saturated carbocycles. The summed E-state index contributed by atoms with van der Waals surface area (Å²) in [6.45, 7) is 5.86. The minimum Gasteiger partial charge on any atom is -0.479 e. The molecule has 1 amide bonds. The molecule has 1 aliphatic heterocycles. The Bertz CT molecular complexity index is 277. The van der Waals surface area contributed by atoms with Crippen LogP contribution in [0.2, 0.25) is 0 Å². The molecule has 0 aromatic rings. The van der Waals surface area contributed by atoms with Crippen LogP contribution in [-0.4, -0.2) is 34.0 Å². The van der Waals surface area contributed by atoms with E-state index < -0.39 is 11.5 Å². The normalized spacial score (nSPS) is 30.6. The quantitative estimate of drug-likeness (QED) is 0.772. The van der Waals surface area contributed by atoms with E-state index in [-0.39, 0.29) is 11.8 Å². The third-order valence-electron chi connectivity index (χ3n) is 3.64. The lowest BCUT2D eigenvalue weighted by Gasteiger charge is -2.37. The van der Waals surface area contributed by atoms with E-state index in [1.165, 1.54) is 11.8 Å². The number of aliphatic carboxylic acids is 1. The first kappa shape index (κ1) is 12.0. The van der Waals surface area contributed by atoms with Crippen molar-refractivity contribution in [2.75, 3.05) is 6.54 Å². The van der Waals surface area contributed by atoms with Crippen molar-refractivity contribution in [2.45, 2.75) is 45.6 Å². The maximum atomic E-state index is 11.4. The molecular weight excluding hydrogens is 194 g/mol. The zero-order valence-corrected chi connectivity index (χ0v) is 9.62. The van der Waals surface area contributed by atoms with Gasteiger partial charge >= 0.3 is 5.97 Å². The number of rotatable bonds is 3. The zero-order valence-electron chi connectivity index (χ0n) is 9.62. The van der Waals surface area contributed by atoms with Gasteiger partial charge < -0.3 is 10.0 Å². The Morgan fingerprint density at radius 2 is 2.07 bits per heavy atom. The number of carboxylic acids is 1. The van der Waals surface area contributed by atoms with Gasteiger partial charge in [0.05, 0.1) is 0 Å². The Morgan fingerprint density at radius 1 is 1.47 bits per heavy atom. The van der Waals surface area contributed by atoms with E-state index in [9.17, 15) is 14.7 Å². The number of hydrogen-bond donors (Lipinski definition) is 1. The molecule has 15 heavy (non-hydrogen) atoms. The first-order chi connectivity index (χ1) is 7.00. The second-order valence-corrected chi connectivity index (χ2v) is 4.15. The highest BCUT2D eigenvalue weighted by molar-refractivity contribution is 5.87. The summed E-state index contributed by atoms with van der Waals surface area (Å²) in [5.74, 6) is -0.899. The number of carboxylic acid groups (broad SMARTS) is 1. The van der Waals surface area contributed by atoms with Crippen LogP contribution in [0.4, 0.5) is 0 Å². The van der Waals surface area contributed by atoms with Gasteiger partial charge in [0.2, 0.25) is 5.91 Å². The van der Waals surface area contributed by atoms with Gasteiger partial charge in [0.25, 0.3) is 0 Å². The minimum absolute atomic E-state index is 0.0869. The lowest BCUT2D eigenvalue weighted by molar-refractivity contribution is -0.158. The third kappa shape index (κ3) is 1.62. The molecule has 1 heterocycles. The molecule has 2 atom stereocenters. The molecule has 0 radical (unpaired) electrons. The van der Waals surface area contributed by atoms with Crippen molar-refractivity contribution < 1.29 is 14.7 Å². The van der Waals surface area contributed by atoms with Crippen LogP contribution in [-0.2, 0) is 9.59 Å². The monoisotopic (exact) mass is 213 g/mol. The topological polar surface area (TPSA) is 57.6 Å². The van der Waals surface area contributed by atoms with Crippen molar-refractivity contribution in [3.05, 3.63) is 0 Å². The molecule has 4 nitrogen and oxygen atoms in total. The van der Waals surface area contributed by atoms with Crippen LogP contribution in [0.5, 0.6) is 0 Å². The molecule has 86 valence electrons. The lowest BCUT2D eigenvalue weighted by atomic mass is 9.80. The zero-order chi connectivity index (χ0) is 11.6. The molecule has 4 heteroatoms. The fourth-order valence-electron chi connectivity index (χ4n) is 2.84. The average Bonchev–Trinajstić information content (AvgIpc) is 2.56. The van der Waals surface area contributed by atoms with Crippen LogP contribution in [0.3, 0.4) is 0 Å². The molecule has 1 unspecified atom stereocenters. The van der Waals surface area contributed by atoms with E-state index in [0.717, 1.165) is 12.8 Å². The first-order valence-electron chi connectivity index (χ1n) is 5.52. The molecule has 1 aliphatic rings. The molecule has 0 aromatic heterocycles. The van der Waals surface area contributed by atoms with Crippen molar-refractivity contribution in [1.82, 2.24) is 4.90 Å². The summed E-state index contributed by atoms with van der Waals surface area (Å²) in [6, 6.07) is 0. The first-order valence-corrected chi connectivity index (χ1v) is 5.52. The van der Waals surface area contributed by atoms with Crippen molar-refractivity contribution >= 4 is 11.9 Å². The summed E-state index contributed by atoms with van der Waals surface area (Å²) in [6.07, 6.45) is 2.10. The number of likely N-dealkylation sites (tertiary alicyclic amines) is 1. The van der Waals surface area contributed by atoms with Gasteiger partial charge in [-0.1, -0.05) is 20.3 Å². The highest BCUT2D eigenvalue weighted by Crippen LogP contribution is 2.40. The highest BCUT2D eigenvalue weighted by Gasteiger charge is 2.53. The molecule has 0 bridgehead atoms. The Morgan fingerprint density at radius 3 is 2.40 bits per heavy atom. The number of hydrogen-bond acceptors (Lipinski definition) is 2. The van der Waals surface area contributed by atoms with Crippen molar-refractivity contribution in [3.8, 4) is 0 Å². The Labute approximate surface area is 90.3 Å².